The Bertz CT molecular complexity index is 728. The first-order chi connectivity index (χ1) is 10.2. The molecule has 1 aromatic heterocycles. The number of alkyl halides is 3. The summed E-state index contributed by atoms with van der Waals surface area (Å²) in [5.41, 5.74) is 0.530. The van der Waals surface area contributed by atoms with Crippen LogP contribution in [-0.4, -0.2) is 37.4 Å². The van der Waals surface area contributed by atoms with Crippen LogP contribution in [0.4, 0.5) is 13.2 Å². The van der Waals surface area contributed by atoms with Crippen molar-refractivity contribution in [1.82, 2.24) is 9.19 Å². The van der Waals surface area contributed by atoms with Crippen LogP contribution >= 0.6 is 0 Å². The van der Waals surface area contributed by atoms with Gasteiger partial charge in [0.2, 0.25) is 0 Å². The van der Waals surface area contributed by atoms with Crippen molar-refractivity contribution in [1.29, 1.82) is 0 Å². The number of rotatable bonds is 2. The van der Waals surface area contributed by atoms with Gasteiger partial charge in [0.1, 0.15) is 0 Å². The van der Waals surface area contributed by atoms with Gasteiger partial charge in [-0.1, -0.05) is 0 Å². The summed E-state index contributed by atoms with van der Waals surface area (Å²) < 4.78 is 57.3. The van der Waals surface area contributed by atoms with Crippen LogP contribution in [0.5, 0.6) is 17.2 Å². The third kappa shape index (κ3) is 2.55. The Labute approximate surface area is 130 Å². The van der Waals surface area contributed by atoms with Crippen molar-refractivity contribution < 1.29 is 27.4 Å². The van der Waals surface area contributed by atoms with Crippen molar-refractivity contribution in [2.45, 2.75) is 25.8 Å². The molecule has 9 heteroatoms. The van der Waals surface area contributed by atoms with Crippen LogP contribution in [-0.2, 0) is 5.60 Å². The Kier molecular flexibility index (Phi) is 3.37. The molecule has 0 radical (unpaired) electrons. The molecule has 1 aliphatic rings. The normalized spacial score (nSPS) is 15.5. The van der Waals surface area contributed by atoms with Crippen molar-refractivity contribution in [2.24, 2.45) is 0 Å². The second kappa shape index (κ2) is 4.89. The van der Waals surface area contributed by atoms with Crippen LogP contribution in [0, 0.1) is 0 Å². The number of methoxy groups -OCH3 is 1. The summed E-state index contributed by atoms with van der Waals surface area (Å²) in [6, 6.07) is 2.61. The molecular formula is C13H11F3N2O3Se. The summed E-state index contributed by atoms with van der Waals surface area (Å²) in [5.74, 6) is -0.227. The monoisotopic (exact) mass is 380 g/mol. The average molecular weight is 379 g/mol. The topological polar surface area (TPSA) is 53.5 Å². The molecule has 5 nitrogen and oxygen atoms in total. The molecular weight excluding hydrogens is 368 g/mol. The number of benzene rings is 1. The SMILES string of the molecule is COc1cc2c(cc1OC(F)(F)F)OC(C)(C)c1[se]nnc1-2. The van der Waals surface area contributed by atoms with E-state index in [0.29, 0.717) is 11.3 Å². The van der Waals surface area contributed by atoms with Gasteiger partial charge in [-0.3, -0.25) is 0 Å². The van der Waals surface area contributed by atoms with E-state index in [-0.39, 0.29) is 26.2 Å². The molecule has 118 valence electrons. The number of aromatic nitrogens is 2. The summed E-state index contributed by atoms with van der Waals surface area (Å²) in [5, 5.41) is 4.11. The molecule has 0 N–H and O–H groups in total. The van der Waals surface area contributed by atoms with Crippen LogP contribution < -0.4 is 14.2 Å². The predicted octanol–water partition coefficient (Wildman–Crippen LogP) is 2.74. The zero-order valence-electron chi connectivity index (χ0n) is 11.8. The fourth-order valence-corrected chi connectivity index (χ4v) is 3.73. The molecule has 1 aliphatic heterocycles. The second-order valence-corrected chi connectivity index (χ2v) is 6.69. The molecule has 2 heterocycles. The molecule has 0 saturated heterocycles. The van der Waals surface area contributed by atoms with Gasteiger partial charge < -0.3 is 0 Å². The van der Waals surface area contributed by atoms with E-state index < -0.39 is 17.7 Å². The molecule has 0 fully saturated rings. The molecule has 1 aromatic carbocycles. The number of hydrogen-bond acceptors (Lipinski definition) is 5. The Hall–Kier alpha value is -1.73. The first kappa shape index (κ1) is 15.2. The zero-order chi connectivity index (χ0) is 16.1. The van der Waals surface area contributed by atoms with E-state index in [1.807, 2.05) is 13.8 Å². The van der Waals surface area contributed by atoms with E-state index in [2.05, 4.69) is 13.9 Å². The molecule has 0 bridgehead atoms. The van der Waals surface area contributed by atoms with E-state index in [0.717, 1.165) is 4.44 Å². The van der Waals surface area contributed by atoms with Crippen molar-refractivity contribution in [3.05, 3.63) is 16.6 Å². The average Bonchev–Trinajstić information content (AvgIpc) is 2.86. The summed E-state index contributed by atoms with van der Waals surface area (Å²) in [7, 11) is 1.27. The Balaban J connectivity index is 2.16. The van der Waals surface area contributed by atoms with Gasteiger partial charge in [0.15, 0.2) is 0 Å². The van der Waals surface area contributed by atoms with Crippen LogP contribution in [0.25, 0.3) is 11.3 Å². The van der Waals surface area contributed by atoms with E-state index in [1.165, 1.54) is 19.2 Å². The molecule has 0 saturated carbocycles. The van der Waals surface area contributed by atoms with Crippen molar-refractivity contribution in [2.75, 3.05) is 7.11 Å². The second-order valence-electron chi connectivity index (χ2n) is 5.11. The van der Waals surface area contributed by atoms with Crippen LogP contribution in [0.15, 0.2) is 12.1 Å². The van der Waals surface area contributed by atoms with Gasteiger partial charge in [-0.2, -0.15) is 0 Å². The molecule has 0 unspecified atom stereocenters. The van der Waals surface area contributed by atoms with E-state index >= 15 is 0 Å². The van der Waals surface area contributed by atoms with Gasteiger partial charge in [-0.15, -0.1) is 0 Å². The van der Waals surface area contributed by atoms with Crippen LogP contribution in [0.3, 0.4) is 0 Å². The van der Waals surface area contributed by atoms with Crippen molar-refractivity contribution >= 4 is 14.7 Å². The fraction of sp³-hybridized carbons (Fsp3) is 0.385. The van der Waals surface area contributed by atoms with Gasteiger partial charge in [0, 0.05) is 0 Å². The van der Waals surface area contributed by atoms with Gasteiger partial charge >= 0.3 is 129 Å². The van der Waals surface area contributed by atoms with E-state index in [4.69, 9.17) is 9.47 Å². The minimum atomic E-state index is -4.81. The summed E-state index contributed by atoms with van der Waals surface area (Å²) in [6.45, 7) is 3.66. The van der Waals surface area contributed by atoms with Gasteiger partial charge in [-0.05, 0) is 0 Å². The maximum atomic E-state index is 12.5. The van der Waals surface area contributed by atoms with E-state index in [1.54, 1.807) is 0 Å². The molecule has 2 aromatic rings. The summed E-state index contributed by atoms with van der Waals surface area (Å²) in [4.78, 5) is 0. The number of ether oxygens (including phenoxy) is 3. The third-order valence-electron chi connectivity index (χ3n) is 3.15. The van der Waals surface area contributed by atoms with Gasteiger partial charge in [-0.25, -0.2) is 0 Å². The quantitative estimate of drug-likeness (QED) is 0.752. The first-order valence-corrected chi connectivity index (χ1v) is 7.83. The Morgan fingerprint density at radius 3 is 2.59 bits per heavy atom. The fourth-order valence-electron chi connectivity index (χ4n) is 2.26. The Morgan fingerprint density at radius 1 is 1.23 bits per heavy atom. The summed E-state index contributed by atoms with van der Waals surface area (Å²) >= 11 is -0.176. The molecule has 0 aliphatic carbocycles. The standard InChI is InChI=1S/C13H11F3N2O3Se/c1-12(2)11-10(17-18-22-11)6-4-8(19-3)9(5-7(6)20-12)21-13(14,15)16/h4-5H,1-3H3. The maximum absolute atomic E-state index is 12.5. The van der Waals surface area contributed by atoms with Gasteiger partial charge in [0.05, 0.1) is 0 Å². The number of fused-ring (bicyclic) bond motifs is 3. The Morgan fingerprint density at radius 2 is 1.95 bits per heavy atom. The van der Waals surface area contributed by atoms with Crippen LogP contribution in [0.1, 0.15) is 18.3 Å². The predicted molar refractivity (Wildman–Crippen MR) is 71.3 cm³/mol. The third-order valence-corrected chi connectivity index (χ3v) is 5.31. The number of nitrogens with zero attached hydrogens (tertiary/aromatic N) is 2. The van der Waals surface area contributed by atoms with Crippen LogP contribution in [0.2, 0.25) is 0 Å². The number of hydrogen-bond donors (Lipinski definition) is 0. The summed E-state index contributed by atoms with van der Waals surface area (Å²) in [6.07, 6.45) is -4.81. The molecule has 22 heavy (non-hydrogen) atoms. The van der Waals surface area contributed by atoms with Crippen molar-refractivity contribution in [3.63, 3.8) is 0 Å². The van der Waals surface area contributed by atoms with Crippen molar-refractivity contribution in [3.8, 4) is 28.5 Å². The molecule has 0 spiro atoms. The molecule has 0 amide bonds. The van der Waals surface area contributed by atoms with Gasteiger partial charge in [0.25, 0.3) is 0 Å². The number of halogens is 3. The molecule has 0 atom stereocenters. The minimum absolute atomic E-state index is 0.0409. The molecule has 3 rings (SSSR count). The zero-order valence-corrected chi connectivity index (χ0v) is 13.5. The van der Waals surface area contributed by atoms with E-state index in [9.17, 15) is 13.2 Å². The first-order valence-electron chi connectivity index (χ1n) is 6.21.